The van der Waals surface area contributed by atoms with E-state index in [-0.39, 0.29) is 18.1 Å². The highest BCUT2D eigenvalue weighted by Gasteiger charge is 2.35. The van der Waals surface area contributed by atoms with E-state index in [1.165, 1.54) is 11.0 Å². The fraction of sp³-hybridized carbons (Fsp3) is 0.500. The minimum atomic E-state index is -4.64. The standard InChI is InChI=1S/C10H12F3N5/c1-2-18(5-3-4-14)8-6-7(15)16-9(17-8)10(11,12)13/h6H,2-3,5H2,1H3,(H2,15,16,17). The third-order valence-electron chi connectivity index (χ3n) is 2.19. The second kappa shape index (κ2) is 5.53. The van der Waals surface area contributed by atoms with E-state index in [1.807, 2.05) is 6.07 Å². The molecule has 5 nitrogen and oxygen atoms in total. The lowest BCUT2D eigenvalue weighted by molar-refractivity contribution is -0.144. The van der Waals surface area contributed by atoms with Crippen molar-refractivity contribution >= 4 is 11.6 Å². The Kier molecular flexibility index (Phi) is 4.31. The molecule has 0 unspecified atom stereocenters. The first-order valence-corrected chi connectivity index (χ1v) is 5.22. The Balaban J connectivity index is 3.08. The summed E-state index contributed by atoms with van der Waals surface area (Å²) in [5.41, 5.74) is 5.33. The van der Waals surface area contributed by atoms with E-state index in [2.05, 4.69) is 9.97 Å². The lowest BCUT2D eigenvalue weighted by Crippen LogP contribution is -2.26. The van der Waals surface area contributed by atoms with E-state index in [4.69, 9.17) is 11.0 Å². The Bertz CT molecular complexity index is 452. The molecule has 0 aliphatic heterocycles. The Morgan fingerprint density at radius 2 is 2.11 bits per heavy atom. The molecule has 0 radical (unpaired) electrons. The van der Waals surface area contributed by atoms with Crippen molar-refractivity contribution in [3.63, 3.8) is 0 Å². The van der Waals surface area contributed by atoms with E-state index in [9.17, 15) is 13.2 Å². The van der Waals surface area contributed by atoms with Crippen LogP contribution in [0.15, 0.2) is 6.07 Å². The van der Waals surface area contributed by atoms with Crippen molar-refractivity contribution in [2.75, 3.05) is 23.7 Å². The van der Waals surface area contributed by atoms with Gasteiger partial charge in [-0.3, -0.25) is 0 Å². The highest BCUT2D eigenvalue weighted by molar-refractivity contribution is 5.47. The van der Waals surface area contributed by atoms with Crippen LogP contribution >= 0.6 is 0 Å². The second-order valence-electron chi connectivity index (χ2n) is 3.46. The molecule has 0 aliphatic rings. The molecule has 0 spiro atoms. The number of hydrogen-bond donors (Lipinski definition) is 1. The monoisotopic (exact) mass is 259 g/mol. The van der Waals surface area contributed by atoms with Crippen LogP contribution in [0.5, 0.6) is 0 Å². The minimum absolute atomic E-state index is 0.0765. The van der Waals surface area contributed by atoms with E-state index in [0.29, 0.717) is 13.1 Å². The molecule has 1 aromatic rings. The molecule has 0 fully saturated rings. The molecule has 0 bridgehead atoms. The van der Waals surface area contributed by atoms with E-state index >= 15 is 0 Å². The quantitative estimate of drug-likeness (QED) is 0.892. The SMILES string of the molecule is CCN(CCC#N)c1cc(N)nc(C(F)(F)F)n1. The summed E-state index contributed by atoms with van der Waals surface area (Å²) in [7, 11) is 0. The molecule has 18 heavy (non-hydrogen) atoms. The van der Waals surface area contributed by atoms with Gasteiger partial charge in [0.1, 0.15) is 11.6 Å². The predicted octanol–water partition coefficient (Wildman–Crippen LogP) is 1.82. The minimum Gasteiger partial charge on any atom is -0.384 e. The fourth-order valence-electron chi connectivity index (χ4n) is 1.36. The van der Waals surface area contributed by atoms with Gasteiger partial charge in [0.05, 0.1) is 12.5 Å². The molecule has 0 saturated carbocycles. The van der Waals surface area contributed by atoms with Gasteiger partial charge < -0.3 is 10.6 Å². The number of nitrogens with zero attached hydrogens (tertiary/aromatic N) is 4. The molecule has 98 valence electrons. The van der Waals surface area contributed by atoms with Gasteiger partial charge in [-0.25, -0.2) is 9.97 Å². The number of hydrogen-bond acceptors (Lipinski definition) is 5. The first-order valence-electron chi connectivity index (χ1n) is 5.22. The van der Waals surface area contributed by atoms with Crippen LogP contribution in [0.1, 0.15) is 19.2 Å². The van der Waals surface area contributed by atoms with Crippen LogP contribution in [0.3, 0.4) is 0 Å². The summed E-state index contributed by atoms with van der Waals surface area (Å²) in [5.74, 6) is -1.44. The van der Waals surface area contributed by atoms with Gasteiger partial charge in [0.25, 0.3) is 0 Å². The second-order valence-corrected chi connectivity index (χ2v) is 3.46. The molecule has 0 aromatic carbocycles. The van der Waals surface area contributed by atoms with Crippen LogP contribution in [0, 0.1) is 11.3 Å². The normalized spacial score (nSPS) is 11.1. The third kappa shape index (κ3) is 3.48. The van der Waals surface area contributed by atoms with Crippen LogP contribution in [0.2, 0.25) is 0 Å². The zero-order valence-corrected chi connectivity index (χ0v) is 9.70. The van der Waals surface area contributed by atoms with Gasteiger partial charge in [-0.2, -0.15) is 18.4 Å². The molecule has 1 rings (SSSR count). The number of aromatic nitrogens is 2. The van der Waals surface area contributed by atoms with Crippen molar-refractivity contribution in [2.45, 2.75) is 19.5 Å². The number of halogens is 3. The summed E-state index contributed by atoms with van der Waals surface area (Å²) in [4.78, 5) is 8.12. The van der Waals surface area contributed by atoms with Crippen LogP contribution in [0.4, 0.5) is 24.8 Å². The van der Waals surface area contributed by atoms with Gasteiger partial charge in [-0.15, -0.1) is 0 Å². The van der Waals surface area contributed by atoms with Crippen molar-refractivity contribution in [3.05, 3.63) is 11.9 Å². The van der Waals surface area contributed by atoms with Crippen LogP contribution in [-0.2, 0) is 6.18 Å². The summed E-state index contributed by atoms with van der Waals surface area (Å²) in [6, 6.07) is 3.18. The molecule has 0 saturated heterocycles. The first-order chi connectivity index (χ1) is 8.38. The molecule has 0 aliphatic carbocycles. The van der Waals surface area contributed by atoms with Gasteiger partial charge in [0.15, 0.2) is 0 Å². The molecule has 2 N–H and O–H groups in total. The van der Waals surface area contributed by atoms with Crippen molar-refractivity contribution in [1.82, 2.24) is 9.97 Å². The van der Waals surface area contributed by atoms with Crippen molar-refractivity contribution < 1.29 is 13.2 Å². The van der Waals surface area contributed by atoms with Crippen molar-refractivity contribution in [3.8, 4) is 6.07 Å². The van der Waals surface area contributed by atoms with E-state index < -0.39 is 12.0 Å². The highest BCUT2D eigenvalue weighted by atomic mass is 19.4. The maximum atomic E-state index is 12.5. The summed E-state index contributed by atoms with van der Waals surface area (Å²) in [6.07, 6.45) is -4.45. The Hall–Kier alpha value is -2.04. The molecule has 0 amide bonds. The van der Waals surface area contributed by atoms with Crippen molar-refractivity contribution in [1.29, 1.82) is 5.26 Å². The fourth-order valence-corrected chi connectivity index (χ4v) is 1.36. The van der Waals surface area contributed by atoms with Gasteiger partial charge in [-0.05, 0) is 6.92 Å². The maximum absolute atomic E-state index is 12.5. The molecule has 1 heterocycles. The summed E-state index contributed by atoms with van der Waals surface area (Å²) >= 11 is 0. The lowest BCUT2D eigenvalue weighted by atomic mass is 10.3. The third-order valence-corrected chi connectivity index (χ3v) is 2.19. The van der Waals surface area contributed by atoms with E-state index in [0.717, 1.165) is 0 Å². The first kappa shape index (κ1) is 14.0. The smallest absolute Gasteiger partial charge is 0.384 e. The van der Waals surface area contributed by atoms with Crippen LogP contribution < -0.4 is 10.6 Å². The van der Waals surface area contributed by atoms with Gasteiger partial charge in [0, 0.05) is 19.2 Å². The number of nitrogen functional groups attached to an aromatic ring is 1. The summed E-state index contributed by atoms with van der Waals surface area (Å²) in [6.45, 7) is 2.47. The number of nitrogens with two attached hydrogens (primary N) is 1. The largest absolute Gasteiger partial charge is 0.451 e. The van der Waals surface area contributed by atoms with E-state index in [1.54, 1.807) is 6.92 Å². The van der Waals surface area contributed by atoms with Crippen LogP contribution in [-0.4, -0.2) is 23.1 Å². The molecular weight excluding hydrogens is 247 g/mol. The molecular formula is C10H12F3N5. The van der Waals surface area contributed by atoms with Crippen molar-refractivity contribution in [2.24, 2.45) is 0 Å². The van der Waals surface area contributed by atoms with Gasteiger partial charge in [0.2, 0.25) is 5.82 Å². The number of nitriles is 1. The summed E-state index contributed by atoms with van der Waals surface area (Å²) in [5, 5.41) is 8.48. The Morgan fingerprint density at radius 3 is 2.61 bits per heavy atom. The number of alkyl halides is 3. The van der Waals surface area contributed by atoms with Gasteiger partial charge in [-0.1, -0.05) is 0 Å². The maximum Gasteiger partial charge on any atom is 0.451 e. The predicted molar refractivity (Wildman–Crippen MR) is 59.6 cm³/mol. The topological polar surface area (TPSA) is 78.8 Å². The summed E-state index contributed by atoms with van der Waals surface area (Å²) < 4.78 is 37.5. The number of anilines is 2. The molecule has 1 aromatic heterocycles. The lowest BCUT2D eigenvalue weighted by Gasteiger charge is -2.21. The molecule has 8 heteroatoms. The Morgan fingerprint density at radius 1 is 1.44 bits per heavy atom. The van der Waals surface area contributed by atoms with Gasteiger partial charge >= 0.3 is 6.18 Å². The zero-order valence-electron chi connectivity index (χ0n) is 9.70. The highest BCUT2D eigenvalue weighted by Crippen LogP contribution is 2.28. The van der Waals surface area contributed by atoms with Crippen LogP contribution in [0.25, 0.3) is 0 Å². The Labute approximate surface area is 102 Å². The molecule has 0 atom stereocenters. The number of rotatable bonds is 4. The average Bonchev–Trinajstić information content (AvgIpc) is 2.28. The average molecular weight is 259 g/mol. The zero-order chi connectivity index (χ0) is 13.8.